The Hall–Kier alpha value is -3.41. The zero-order valence-electron chi connectivity index (χ0n) is 15.8. The molecule has 0 aliphatic rings. The molecule has 3 N–H and O–H groups in total. The SMILES string of the molecule is Cc1onc(-c2ccccc2)c1-c1ccc(C(=O)NCCCCC(N)=O)cc1. The van der Waals surface area contributed by atoms with Gasteiger partial charge in [0.25, 0.3) is 5.91 Å². The van der Waals surface area contributed by atoms with Crippen LogP contribution in [0.3, 0.4) is 0 Å². The first-order valence-corrected chi connectivity index (χ1v) is 9.25. The molecule has 2 aromatic carbocycles. The van der Waals surface area contributed by atoms with E-state index < -0.39 is 0 Å². The average Bonchev–Trinajstić information content (AvgIpc) is 3.09. The number of aromatic nitrogens is 1. The molecule has 6 heteroatoms. The summed E-state index contributed by atoms with van der Waals surface area (Å²) < 4.78 is 5.41. The maximum Gasteiger partial charge on any atom is 0.251 e. The molecule has 0 radical (unpaired) electrons. The number of hydrogen-bond donors (Lipinski definition) is 2. The second-order valence-electron chi connectivity index (χ2n) is 6.59. The van der Waals surface area contributed by atoms with Crippen molar-refractivity contribution in [2.24, 2.45) is 5.73 Å². The predicted molar refractivity (Wildman–Crippen MR) is 107 cm³/mol. The molecular weight excluding hydrogens is 354 g/mol. The summed E-state index contributed by atoms with van der Waals surface area (Å²) in [6.07, 6.45) is 1.73. The maximum absolute atomic E-state index is 12.3. The van der Waals surface area contributed by atoms with Gasteiger partial charge in [-0.3, -0.25) is 9.59 Å². The number of aryl methyl sites for hydroxylation is 1. The fourth-order valence-corrected chi connectivity index (χ4v) is 3.02. The molecule has 6 nitrogen and oxygen atoms in total. The lowest BCUT2D eigenvalue weighted by molar-refractivity contribution is -0.118. The minimum Gasteiger partial charge on any atom is -0.370 e. The van der Waals surface area contributed by atoms with E-state index >= 15 is 0 Å². The summed E-state index contributed by atoms with van der Waals surface area (Å²) in [7, 11) is 0. The Morgan fingerprint density at radius 2 is 1.71 bits per heavy atom. The third-order valence-corrected chi connectivity index (χ3v) is 4.48. The van der Waals surface area contributed by atoms with Gasteiger partial charge in [-0.25, -0.2) is 0 Å². The van der Waals surface area contributed by atoms with E-state index in [-0.39, 0.29) is 11.8 Å². The standard InChI is InChI=1S/C22H23N3O3/c1-15-20(21(25-28-15)17-7-3-2-4-8-17)16-10-12-18(13-11-16)22(27)24-14-6-5-9-19(23)26/h2-4,7-8,10-13H,5-6,9,14H2,1H3,(H2,23,26)(H,24,27). The van der Waals surface area contributed by atoms with Gasteiger partial charge in [0.2, 0.25) is 5.91 Å². The number of rotatable bonds is 8. The lowest BCUT2D eigenvalue weighted by Crippen LogP contribution is -2.24. The summed E-state index contributed by atoms with van der Waals surface area (Å²) >= 11 is 0. The first kappa shape index (κ1) is 19.4. The van der Waals surface area contributed by atoms with Crippen LogP contribution in [0.2, 0.25) is 0 Å². The van der Waals surface area contributed by atoms with E-state index in [0.717, 1.165) is 28.1 Å². The molecule has 3 rings (SSSR count). The van der Waals surface area contributed by atoms with Crippen molar-refractivity contribution in [3.8, 4) is 22.4 Å². The minimum absolute atomic E-state index is 0.143. The maximum atomic E-state index is 12.3. The largest absolute Gasteiger partial charge is 0.370 e. The van der Waals surface area contributed by atoms with Gasteiger partial charge in [0.15, 0.2) is 0 Å². The van der Waals surface area contributed by atoms with Gasteiger partial charge >= 0.3 is 0 Å². The van der Waals surface area contributed by atoms with Crippen LogP contribution in [0, 0.1) is 6.92 Å². The molecule has 3 aromatic rings. The van der Waals surface area contributed by atoms with E-state index in [4.69, 9.17) is 10.3 Å². The van der Waals surface area contributed by atoms with Crippen molar-refractivity contribution in [3.05, 3.63) is 65.9 Å². The third kappa shape index (κ3) is 4.65. The molecule has 0 atom stereocenters. The van der Waals surface area contributed by atoms with Gasteiger partial charge in [0.05, 0.1) is 5.56 Å². The summed E-state index contributed by atoms with van der Waals surface area (Å²) in [6, 6.07) is 17.2. The topological polar surface area (TPSA) is 98.2 Å². The van der Waals surface area contributed by atoms with Gasteiger partial charge < -0.3 is 15.6 Å². The van der Waals surface area contributed by atoms with E-state index in [1.54, 1.807) is 12.1 Å². The van der Waals surface area contributed by atoms with Crippen molar-refractivity contribution >= 4 is 11.8 Å². The molecule has 0 bridgehead atoms. The van der Waals surface area contributed by atoms with Crippen molar-refractivity contribution < 1.29 is 14.1 Å². The van der Waals surface area contributed by atoms with Crippen molar-refractivity contribution in [2.45, 2.75) is 26.2 Å². The van der Waals surface area contributed by atoms with Crippen LogP contribution in [0.1, 0.15) is 35.4 Å². The monoisotopic (exact) mass is 377 g/mol. The van der Waals surface area contributed by atoms with Crippen molar-refractivity contribution in [3.63, 3.8) is 0 Å². The van der Waals surface area contributed by atoms with Crippen LogP contribution in [0.5, 0.6) is 0 Å². The molecule has 0 saturated heterocycles. The number of unbranched alkanes of at least 4 members (excludes halogenated alkanes) is 1. The molecule has 2 amide bonds. The zero-order valence-corrected chi connectivity index (χ0v) is 15.8. The van der Waals surface area contributed by atoms with Gasteiger partial charge in [0.1, 0.15) is 11.5 Å². The van der Waals surface area contributed by atoms with Crippen LogP contribution >= 0.6 is 0 Å². The van der Waals surface area contributed by atoms with Crippen molar-refractivity contribution in [1.82, 2.24) is 10.5 Å². The Morgan fingerprint density at radius 3 is 2.39 bits per heavy atom. The molecule has 1 heterocycles. The fourth-order valence-electron chi connectivity index (χ4n) is 3.02. The predicted octanol–water partition coefficient (Wildman–Crippen LogP) is 3.70. The van der Waals surface area contributed by atoms with E-state index in [1.807, 2.05) is 49.4 Å². The number of benzene rings is 2. The number of nitrogens with zero attached hydrogens (tertiary/aromatic N) is 1. The Kier molecular flexibility index (Phi) is 6.22. The number of amides is 2. The second-order valence-corrected chi connectivity index (χ2v) is 6.59. The lowest BCUT2D eigenvalue weighted by Gasteiger charge is -2.07. The second kappa shape index (κ2) is 8.99. The normalized spacial score (nSPS) is 10.6. The Balaban J connectivity index is 1.69. The van der Waals surface area contributed by atoms with Gasteiger partial charge in [0, 0.05) is 24.1 Å². The van der Waals surface area contributed by atoms with Crippen molar-refractivity contribution in [2.75, 3.05) is 6.54 Å². The van der Waals surface area contributed by atoms with Gasteiger partial charge in [-0.1, -0.05) is 47.6 Å². The van der Waals surface area contributed by atoms with E-state index in [9.17, 15) is 9.59 Å². The Morgan fingerprint density at radius 1 is 1.00 bits per heavy atom. The molecule has 0 unspecified atom stereocenters. The van der Waals surface area contributed by atoms with Crippen molar-refractivity contribution in [1.29, 1.82) is 0 Å². The van der Waals surface area contributed by atoms with Gasteiger partial charge in [-0.05, 0) is 37.5 Å². The highest BCUT2D eigenvalue weighted by atomic mass is 16.5. The van der Waals surface area contributed by atoms with Gasteiger partial charge in [-0.15, -0.1) is 0 Å². The molecule has 0 spiro atoms. The number of primary amides is 1. The highest BCUT2D eigenvalue weighted by Gasteiger charge is 2.17. The molecule has 0 aliphatic carbocycles. The van der Waals surface area contributed by atoms with Crippen LogP contribution in [0.4, 0.5) is 0 Å². The molecule has 1 aromatic heterocycles. The zero-order chi connectivity index (χ0) is 19.9. The summed E-state index contributed by atoms with van der Waals surface area (Å²) in [5.41, 5.74) is 9.30. The number of nitrogens with two attached hydrogens (primary N) is 1. The number of carbonyl (C=O) groups excluding carboxylic acids is 2. The lowest BCUT2D eigenvalue weighted by atomic mass is 9.98. The third-order valence-electron chi connectivity index (χ3n) is 4.48. The molecular formula is C22H23N3O3. The van der Waals surface area contributed by atoms with Gasteiger partial charge in [-0.2, -0.15) is 0 Å². The van der Waals surface area contributed by atoms with Crippen LogP contribution < -0.4 is 11.1 Å². The summed E-state index contributed by atoms with van der Waals surface area (Å²) in [6.45, 7) is 2.39. The highest BCUT2D eigenvalue weighted by molar-refractivity contribution is 5.95. The number of nitrogens with one attached hydrogen (secondary N) is 1. The summed E-state index contributed by atoms with van der Waals surface area (Å²) in [4.78, 5) is 23.0. The average molecular weight is 377 g/mol. The fraction of sp³-hybridized carbons (Fsp3) is 0.227. The molecule has 28 heavy (non-hydrogen) atoms. The van der Waals surface area contributed by atoms with Crippen LogP contribution in [0.15, 0.2) is 59.1 Å². The Bertz CT molecular complexity index is 947. The number of carbonyl (C=O) groups is 2. The minimum atomic E-state index is -0.319. The first-order valence-electron chi connectivity index (χ1n) is 9.25. The molecule has 0 saturated carbocycles. The number of hydrogen-bond acceptors (Lipinski definition) is 4. The van der Waals surface area contributed by atoms with Crippen LogP contribution in [-0.2, 0) is 4.79 Å². The van der Waals surface area contributed by atoms with E-state index in [2.05, 4.69) is 10.5 Å². The van der Waals surface area contributed by atoms with Crippen LogP contribution in [-0.4, -0.2) is 23.5 Å². The first-order chi connectivity index (χ1) is 13.6. The molecule has 144 valence electrons. The summed E-state index contributed by atoms with van der Waals surface area (Å²) in [5, 5.41) is 7.06. The molecule has 0 fully saturated rings. The Labute approximate surface area is 163 Å². The highest BCUT2D eigenvalue weighted by Crippen LogP contribution is 2.34. The van der Waals surface area contributed by atoms with Crippen LogP contribution in [0.25, 0.3) is 22.4 Å². The summed E-state index contributed by atoms with van der Waals surface area (Å²) in [5.74, 6) is 0.266. The quantitative estimate of drug-likeness (QED) is 0.585. The van der Waals surface area contributed by atoms with E-state index in [0.29, 0.717) is 31.4 Å². The van der Waals surface area contributed by atoms with E-state index in [1.165, 1.54) is 0 Å². The smallest absolute Gasteiger partial charge is 0.251 e. The molecule has 0 aliphatic heterocycles.